The van der Waals surface area contributed by atoms with Crippen LogP contribution in [0.1, 0.15) is 78.8 Å². The predicted molar refractivity (Wildman–Crippen MR) is 153 cm³/mol. The first kappa shape index (κ1) is 32.2. The Morgan fingerprint density at radius 1 is 0.800 bits per heavy atom. The number of esters is 1. The second kappa shape index (κ2) is 15.5. The van der Waals surface area contributed by atoms with Gasteiger partial charge in [0.25, 0.3) is 5.91 Å². The first-order valence-corrected chi connectivity index (χ1v) is 13.7. The summed E-state index contributed by atoms with van der Waals surface area (Å²) in [5.74, 6) is -2.74. The quantitative estimate of drug-likeness (QED) is 0.307. The van der Waals surface area contributed by atoms with E-state index in [2.05, 4.69) is 16.0 Å². The third-order valence-corrected chi connectivity index (χ3v) is 6.61. The number of nitrogens with one attached hydrogen (secondary N) is 3. The third-order valence-electron chi connectivity index (χ3n) is 6.61. The second-order valence-corrected chi connectivity index (χ2v) is 10.3. The first-order chi connectivity index (χ1) is 19.0. The fourth-order valence-electron chi connectivity index (χ4n) is 4.18. The van der Waals surface area contributed by atoms with Crippen LogP contribution in [0.4, 0.5) is 0 Å². The van der Waals surface area contributed by atoms with E-state index in [1.54, 1.807) is 70.2 Å². The fourth-order valence-corrected chi connectivity index (χ4v) is 4.18. The second-order valence-electron chi connectivity index (χ2n) is 10.3. The molecule has 40 heavy (non-hydrogen) atoms. The Kier molecular flexibility index (Phi) is 12.5. The summed E-state index contributed by atoms with van der Waals surface area (Å²) >= 11 is 0. The van der Waals surface area contributed by atoms with E-state index in [-0.39, 0.29) is 5.92 Å². The van der Waals surface area contributed by atoms with Gasteiger partial charge in [0.15, 0.2) is 12.4 Å². The summed E-state index contributed by atoms with van der Waals surface area (Å²) in [5.41, 5.74) is 2.33. The van der Waals surface area contributed by atoms with Gasteiger partial charge in [0.05, 0.1) is 11.6 Å². The summed E-state index contributed by atoms with van der Waals surface area (Å²) in [6.45, 7) is 10.2. The molecule has 3 N–H and O–H groups in total. The molecule has 0 unspecified atom stereocenters. The van der Waals surface area contributed by atoms with Crippen LogP contribution in [0.3, 0.4) is 0 Å². The number of aryl methyl sites for hydroxylation is 2. The highest BCUT2D eigenvalue weighted by atomic mass is 16.5. The Balaban J connectivity index is 2.01. The van der Waals surface area contributed by atoms with Gasteiger partial charge < -0.3 is 20.7 Å². The van der Waals surface area contributed by atoms with Crippen LogP contribution in [0, 0.1) is 19.8 Å². The lowest BCUT2D eigenvalue weighted by Crippen LogP contribution is -2.56. The van der Waals surface area contributed by atoms with Crippen molar-refractivity contribution in [1.82, 2.24) is 16.0 Å². The van der Waals surface area contributed by atoms with E-state index in [4.69, 9.17) is 4.74 Å². The Morgan fingerprint density at radius 3 is 2.00 bits per heavy atom. The molecule has 216 valence electrons. The normalized spacial score (nSPS) is 13.1. The van der Waals surface area contributed by atoms with Gasteiger partial charge in [0, 0.05) is 5.56 Å². The van der Waals surface area contributed by atoms with E-state index >= 15 is 0 Å². The van der Waals surface area contributed by atoms with Crippen LogP contribution < -0.4 is 16.0 Å². The Morgan fingerprint density at radius 2 is 1.43 bits per heavy atom. The van der Waals surface area contributed by atoms with E-state index in [1.165, 1.54) is 6.92 Å². The van der Waals surface area contributed by atoms with Gasteiger partial charge in [-0.05, 0) is 56.4 Å². The maximum absolute atomic E-state index is 13.0. The van der Waals surface area contributed by atoms with Crippen molar-refractivity contribution < 1.29 is 28.7 Å². The average molecular weight is 552 g/mol. The molecule has 9 heteroatoms. The van der Waals surface area contributed by atoms with E-state index in [0.717, 1.165) is 17.5 Å². The highest BCUT2D eigenvalue weighted by Gasteiger charge is 2.29. The summed E-state index contributed by atoms with van der Waals surface area (Å²) in [7, 11) is 0. The lowest BCUT2D eigenvalue weighted by atomic mass is 10.0. The smallest absolute Gasteiger partial charge is 0.339 e. The molecule has 0 saturated heterocycles. The maximum atomic E-state index is 13.0. The number of benzene rings is 2. The number of ether oxygens (including phenoxy) is 1. The van der Waals surface area contributed by atoms with Gasteiger partial charge in [-0.1, -0.05) is 70.0 Å². The number of hydrogen-bond donors (Lipinski definition) is 3. The molecule has 0 aliphatic carbocycles. The molecule has 3 atom stereocenters. The molecule has 0 fully saturated rings. The number of ketones is 1. The monoisotopic (exact) mass is 551 g/mol. The van der Waals surface area contributed by atoms with Crippen LogP contribution in [0.15, 0.2) is 48.5 Å². The average Bonchev–Trinajstić information content (AvgIpc) is 2.92. The van der Waals surface area contributed by atoms with Gasteiger partial charge in [0.1, 0.15) is 12.1 Å². The largest absolute Gasteiger partial charge is 0.454 e. The number of carbonyl (C=O) groups is 5. The van der Waals surface area contributed by atoms with E-state index in [1.807, 2.05) is 13.0 Å². The van der Waals surface area contributed by atoms with E-state index < -0.39 is 54.2 Å². The molecule has 0 aromatic heterocycles. The standard InChI is InChI=1S/C31H41N3O6/c1-7-8-17-24(25(35)18-40-31(39)26-20(4)13-12-14-21(26)5)33-28(36)22(6)32-30(38)27(19(2)3)34-29(37)23-15-10-9-11-16-23/h9-16,19,22,24,27H,7-8,17-18H2,1-6H3,(H,32,38)(H,33,36)(H,34,37)/t22-,24-,27-/m0/s1. The Bertz CT molecular complexity index is 1170. The predicted octanol–water partition coefficient (Wildman–Crippen LogP) is 3.66. The van der Waals surface area contributed by atoms with Crippen LogP contribution in [0.2, 0.25) is 0 Å². The minimum Gasteiger partial charge on any atom is -0.454 e. The molecule has 0 bridgehead atoms. The van der Waals surface area contributed by atoms with Crippen molar-refractivity contribution in [3.05, 3.63) is 70.8 Å². The Labute approximate surface area is 236 Å². The van der Waals surface area contributed by atoms with Gasteiger partial charge >= 0.3 is 5.97 Å². The fraction of sp³-hybridized carbons (Fsp3) is 0.452. The maximum Gasteiger partial charge on any atom is 0.339 e. The SMILES string of the molecule is CCCC[C@H](NC(=O)[C@H](C)NC(=O)[C@@H](NC(=O)c1ccccc1)C(C)C)C(=O)COC(=O)c1c(C)cccc1C. The number of amides is 3. The lowest BCUT2D eigenvalue weighted by Gasteiger charge is -2.25. The summed E-state index contributed by atoms with van der Waals surface area (Å²) in [4.78, 5) is 64.1. The molecule has 9 nitrogen and oxygen atoms in total. The molecular formula is C31H41N3O6. The molecule has 0 heterocycles. The van der Waals surface area contributed by atoms with Crippen LogP contribution in [0.5, 0.6) is 0 Å². The molecule has 2 aromatic rings. The van der Waals surface area contributed by atoms with Gasteiger partial charge in [-0.2, -0.15) is 0 Å². The number of hydrogen-bond acceptors (Lipinski definition) is 6. The third kappa shape index (κ3) is 9.32. The molecule has 2 rings (SSSR count). The summed E-state index contributed by atoms with van der Waals surface area (Å²) in [6, 6.07) is 11.2. The van der Waals surface area contributed by atoms with Crippen molar-refractivity contribution in [1.29, 1.82) is 0 Å². The molecule has 2 aromatic carbocycles. The van der Waals surface area contributed by atoms with Gasteiger partial charge in [-0.15, -0.1) is 0 Å². The van der Waals surface area contributed by atoms with E-state index in [9.17, 15) is 24.0 Å². The first-order valence-electron chi connectivity index (χ1n) is 13.7. The molecule has 0 saturated carbocycles. The summed E-state index contributed by atoms with van der Waals surface area (Å²) < 4.78 is 5.30. The van der Waals surface area contributed by atoms with Crippen molar-refractivity contribution in [2.24, 2.45) is 5.92 Å². The minimum atomic E-state index is -0.975. The summed E-state index contributed by atoms with van der Waals surface area (Å²) in [5, 5.41) is 8.06. The number of carbonyl (C=O) groups excluding carboxylic acids is 5. The molecular weight excluding hydrogens is 510 g/mol. The Hall–Kier alpha value is -4.01. The van der Waals surface area contributed by atoms with Crippen molar-refractivity contribution >= 4 is 29.5 Å². The zero-order valence-electron chi connectivity index (χ0n) is 24.2. The minimum absolute atomic E-state index is 0.242. The van der Waals surface area contributed by atoms with Gasteiger partial charge in [-0.25, -0.2) is 4.79 Å². The van der Waals surface area contributed by atoms with Crippen LogP contribution in [-0.4, -0.2) is 54.2 Å². The van der Waals surface area contributed by atoms with Crippen LogP contribution >= 0.6 is 0 Å². The zero-order valence-corrected chi connectivity index (χ0v) is 24.2. The number of unbranched alkanes of at least 4 members (excludes halogenated alkanes) is 1. The highest BCUT2D eigenvalue weighted by Crippen LogP contribution is 2.15. The summed E-state index contributed by atoms with van der Waals surface area (Å²) in [6.07, 6.45) is 1.83. The van der Waals surface area contributed by atoms with Gasteiger partial charge in [-0.3, -0.25) is 19.2 Å². The van der Waals surface area contributed by atoms with Crippen LogP contribution in [0.25, 0.3) is 0 Å². The van der Waals surface area contributed by atoms with Crippen molar-refractivity contribution in [3.8, 4) is 0 Å². The molecule has 0 spiro atoms. The van der Waals surface area contributed by atoms with Crippen molar-refractivity contribution in [2.45, 2.75) is 78.9 Å². The molecule has 0 radical (unpaired) electrons. The van der Waals surface area contributed by atoms with Crippen molar-refractivity contribution in [2.75, 3.05) is 6.61 Å². The number of rotatable bonds is 14. The lowest BCUT2D eigenvalue weighted by molar-refractivity contribution is -0.132. The highest BCUT2D eigenvalue weighted by molar-refractivity contribution is 5.99. The topological polar surface area (TPSA) is 131 Å². The zero-order chi connectivity index (χ0) is 29.8. The molecule has 0 aliphatic rings. The number of Topliss-reactive ketones (excluding diaryl/α,β-unsaturated/α-hetero) is 1. The van der Waals surface area contributed by atoms with Gasteiger partial charge in [0.2, 0.25) is 11.8 Å². The van der Waals surface area contributed by atoms with Crippen LogP contribution in [-0.2, 0) is 19.1 Å². The van der Waals surface area contributed by atoms with E-state index in [0.29, 0.717) is 24.0 Å². The molecule has 3 amide bonds. The molecule has 0 aliphatic heterocycles. The van der Waals surface area contributed by atoms with Crippen molar-refractivity contribution in [3.63, 3.8) is 0 Å².